The Morgan fingerprint density at radius 1 is 0.576 bits per heavy atom. The van der Waals surface area contributed by atoms with E-state index >= 15 is 0 Å². The predicted molar refractivity (Wildman–Crippen MR) is 144 cm³/mol. The van der Waals surface area contributed by atoms with Gasteiger partial charge in [0, 0.05) is 33.5 Å². The molecule has 2 fully saturated rings. The third-order valence-electron chi connectivity index (χ3n) is 8.99. The highest BCUT2D eigenvalue weighted by atomic mass is 15.3. The Morgan fingerprint density at radius 2 is 0.909 bits per heavy atom. The van der Waals surface area contributed by atoms with Gasteiger partial charge in [-0.2, -0.15) is 0 Å². The van der Waals surface area contributed by atoms with Crippen LogP contribution in [-0.2, 0) is 0 Å². The van der Waals surface area contributed by atoms with Gasteiger partial charge in [-0.15, -0.1) is 0 Å². The van der Waals surface area contributed by atoms with Crippen molar-refractivity contribution in [3.05, 3.63) is 60.7 Å². The van der Waals surface area contributed by atoms with Crippen molar-refractivity contribution < 1.29 is 0 Å². The first-order chi connectivity index (χ1) is 15.4. The molecule has 0 spiro atoms. The van der Waals surface area contributed by atoms with Crippen LogP contribution in [0.5, 0.6) is 0 Å². The second-order valence-corrected chi connectivity index (χ2v) is 13.0. The van der Waals surface area contributed by atoms with E-state index in [0.29, 0.717) is 0 Å². The molecule has 180 valence electrons. The molecule has 2 heterocycles. The zero-order chi connectivity index (χ0) is 24.1. The largest absolute Gasteiger partial charge is 0.361 e. The molecule has 2 unspecified atom stereocenters. The summed E-state index contributed by atoms with van der Waals surface area (Å²) in [6.45, 7) is 19.6. The van der Waals surface area contributed by atoms with Gasteiger partial charge in [0.1, 0.15) is 0 Å². The molecule has 2 atom stereocenters. The van der Waals surface area contributed by atoms with Crippen molar-refractivity contribution >= 4 is 11.4 Å². The van der Waals surface area contributed by atoms with E-state index in [1.165, 1.54) is 43.5 Å². The van der Waals surface area contributed by atoms with E-state index < -0.39 is 0 Å². The molecular formula is C31H46N2. The highest BCUT2D eigenvalue weighted by Crippen LogP contribution is 2.52. The van der Waals surface area contributed by atoms with Crippen LogP contribution in [0.15, 0.2) is 60.7 Å². The smallest absolute Gasteiger partial charge is 0.0380 e. The van der Waals surface area contributed by atoms with Crippen molar-refractivity contribution in [2.75, 3.05) is 9.80 Å². The lowest BCUT2D eigenvalue weighted by atomic mass is 9.79. The highest BCUT2D eigenvalue weighted by Gasteiger charge is 2.52. The molecule has 2 saturated heterocycles. The number of hydrogen-bond donors (Lipinski definition) is 0. The second kappa shape index (κ2) is 8.36. The van der Waals surface area contributed by atoms with Gasteiger partial charge in [0.15, 0.2) is 0 Å². The molecule has 2 aliphatic rings. The van der Waals surface area contributed by atoms with Crippen LogP contribution in [0.2, 0.25) is 0 Å². The maximum atomic E-state index is 2.70. The molecule has 33 heavy (non-hydrogen) atoms. The molecule has 0 bridgehead atoms. The van der Waals surface area contributed by atoms with E-state index in [2.05, 4.69) is 126 Å². The van der Waals surface area contributed by atoms with Crippen molar-refractivity contribution in [3.8, 4) is 0 Å². The van der Waals surface area contributed by atoms with Crippen molar-refractivity contribution in [1.82, 2.24) is 0 Å². The summed E-state index contributed by atoms with van der Waals surface area (Å²) in [6, 6.07) is 22.1. The average Bonchev–Trinajstić information content (AvgIpc) is 3.03. The van der Waals surface area contributed by atoms with E-state index in [1.54, 1.807) is 0 Å². The molecule has 2 aromatic rings. The SMILES string of the molecule is CC1(C)CC(CCCC2CC(C)(C)N(c3ccccc3)C2(C)C)C(C)(C)N1c1ccccc1. The molecule has 0 aliphatic carbocycles. The first-order valence-corrected chi connectivity index (χ1v) is 13.1. The maximum Gasteiger partial charge on any atom is 0.0380 e. The fourth-order valence-corrected chi connectivity index (χ4v) is 7.85. The van der Waals surface area contributed by atoms with Crippen LogP contribution in [0.1, 0.15) is 87.5 Å². The summed E-state index contributed by atoms with van der Waals surface area (Å²) < 4.78 is 0. The molecule has 0 N–H and O–H groups in total. The standard InChI is InChI=1S/C31H46N2/c1-28(2)22-24(30(5,6)32(28)26-18-11-9-12-19-26)16-15-17-25-23-29(3,4)33(31(25,7)8)27-20-13-10-14-21-27/h9-14,18-21,24-25H,15-17,22-23H2,1-8H3. The normalized spacial score (nSPS) is 27.2. The Bertz CT molecular complexity index is 848. The van der Waals surface area contributed by atoms with Crippen molar-refractivity contribution in [3.63, 3.8) is 0 Å². The lowest BCUT2D eigenvalue weighted by Crippen LogP contribution is -2.50. The minimum atomic E-state index is 0.172. The summed E-state index contributed by atoms with van der Waals surface area (Å²) >= 11 is 0. The quantitative estimate of drug-likeness (QED) is 0.440. The summed E-state index contributed by atoms with van der Waals surface area (Å²) in [6.07, 6.45) is 6.49. The number of anilines is 2. The molecule has 0 amide bonds. The van der Waals surface area contributed by atoms with E-state index in [0.717, 1.165) is 11.8 Å². The third kappa shape index (κ3) is 4.31. The minimum absolute atomic E-state index is 0.172. The summed E-state index contributed by atoms with van der Waals surface area (Å²) in [7, 11) is 0. The number of benzene rings is 2. The summed E-state index contributed by atoms with van der Waals surface area (Å²) in [5.74, 6) is 1.44. The Balaban J connectivity index is 1.45. The molecule has 2 heteroatoms. The summed E-state index contributed by atoms with van der Waals surface area (Å²) in [5.41, 5.74) is 3.46. The topological polar surface area (TPSA) is 6.48 Å². The van der Waals surface area contributed by atoms with E-state index in [-0.39, 0.29) is 22.2 Å². The Morgan fingerprint density at radius 3 is 1.24 bits per heavy atom. The van der Waals surface area contributed by atoms with Gasteiger partial charge in [0.25, 0.3) is 0 Å². The van der Waals surface area contributed by atoms with Gasteiger partial charge in [-0.3, -0.25) is 0 Å². The van der Waals surface area contributed by atoms with Crippen LogP contribution >= 0.6 is 0 Å². The predicted octanol–water partition coefficient (Wildman–Crippen LogP) is 8.32. The van der Waals surface area contributed by atoms with Gasteiger partial charge >= 0.3 is 0 Å². The highest BCUT2D eigenvalue weighted by molar-refractivity contribution is 5.54. The maximum absolute atomic E-state index is 2.70. The number of para-hydroxylation sites is 2. The van der Waals surface area contributed by atoms with Gasteiger partial charge in [-0.1, -0.05) is 42.8 Å². The van der Waals surface area contributed by atoms with Crippen LogP contribution < -0.4 is 9.80 Å². The molecule has 2 aromatic carbocycles. The van der Waals surface area contributed by atoms with Crippen LogP contribution in [0.25, 0.3) is 0 Å². The monoisotopic (exact) mass is 446 g/mol. The second-order valence-electron chi connectivity index (χ2n) is 13.0. The van der Waals surface area contributed by atoms with Crippen molar-refractivity contribution in [1.29, 1.82) is 0 Å². The van der Waals surface area contributed by atoms with Gasteiger partial charge < -0.3 is 9.80 Å². The van der Waals surface area contributed by atoms with Gasteiger partial charge in [-0.25, -0.2) is 0 Å². The fourth-order valence-electron chi connectivity index (χ4n) is 7.85. The number of rotatable bonds is 6. The fraction of sp³-hybridized carbons (Fsp3) is 0.613. The van der Waals surface area contributed by atoms with E-state index in [1.807, 2.05) is 0 Å². The van der Waals surface area contributed by atoms with Gasteiger partial charge in [-0.05, 0) is 117 Å². The van der Waals surface area contributed by atoms with Crippen LogP contribution in [0.4, 0.5) is 11.4 Å². The zero-order valence-electron chi connectivity index (χ0n) is 22.4. The number of nitrogens with zero attached hydrogens (tertiary/aromatic N) is 2. The molecule has 0 saturated carbocycles. The first-order valence-electron chi connectivity index (χ1n) is 13.1. The average molecular weight is 447 g/mol. The lowest BCUT2D eigenvalue weighted by molar-refractivity contribution is 0.293. The van der Waals surface area contributed by atoms with E-state index in [9.17, 15) is 0 Å². The third-order valence-corrected chi connectivity index (χ3v) is 8.99. The van der Waals surface area contributed by atoms with Crippen LogP contribution in [0, 0.1) is 11.8 Å². The Kier molecular flexibility index (Phi) is 6.13. The molecule has 0 radical (unpaired) electrons. The number of hydrogen-bond acceptors (Lipinski definition) is 2. The summed E-state index contributed by atoms with van der Waals surface area (Å²) in [4.78, 5) is 5.40. The Labute approximate surface area is 203 Å². The minimum Gasteiger partial charge on any atom is -0.361 e. The first kappa shape index (κ1) is 24.2. The van der Waals surface area contributed by atoms with Gasteiger partial charge in [0.05, 0.1) is 0 Å². The lowest BCUT2D eigenvalue weighted by Gasteiger charge is -2.44. The zero-order valence-corrected chi connectivity index (χ0v) is 22.4. The van der Waals surface area contributed by atoms with Crippen LogP contribution in [0.3, 0.4) is 0 Å². The molecular weight excluding hydrogens is 400 g/mol. The molecule has 2 aliphatic heterocycles. The van der Waals surface area contributed by atoms with Crippen molar-refractivity contribution in [2.24, 2.45) is 11.8 Å². The van der Waals surface area contributed by atoms with Gasteiger partial charge in [0.2, 0.25) is 0 Å². The molecule has 2 nitrogen and oxygen atoms in total. The van der Waals surface area contributed by atoms with Crippen molar-refractivity contribution in [2.45, 2.75) is 110 Å². The Hall–Kier alpha value is -1.96. The molecule has 0 aromatic heterocycles. The summed E-state index contributed by atoms with van der Waals surface area (Å²) in [5, 5.41) is 0. The van der Waals surface area contributed by atoms with Crippen LogP contribution in [-0.4, -0.2) is 22.2 Å². The molecule has 4 rings (SSSR count). The van der Waals surface area contributed by atoms with E-state index in [4.69, 9.17) is 0 Å².